The number of ether oxygens (including phenoxy) is 1. The van der Waals surface area contributed by atoms with Crippen molar-refractivity contribution in [3.8, 4) is 5.75 Å². The fraction of sp³-hybridized carbons (Fsp3) is 0.273. The number of rotatable bonds is 5. The van der Waals surface area contributed by atoms with Gasteiger partial charge in [-0.05, 0) is 12.1 Å². The normalized spacial score (nSPS) is 11.8. The first-order valence-electron chi connectivity index (χ1n) is 5.08. The Kier molecular flexibility index (Phi) is 5.22. The highest BCUT2D eigenvalue weighted by Crippen LogP contribution is 2.25. The molecule has 19 heavy (non-hydrogen) atoms. The molecule has 0 spiro atoms. The van der Waals surface area contributed by atoms with Crippen molar-refractivity contribution in [2.75, 3.05) is 6.61 Å². The molecule has 0 bridgehead atoms. The van der Waals surface area contributed by atoms with Gasteiger partial charge in [-0.2, -0.15) is 4.39 Å². The lowest BCUT2D eigenvalue weighted by Gasteiger charge is -2.15. The molecule has 1 amide bonds. The van der Waals surface area contributed by atoms with Crippen molar-refractivity contribution < 1.29 is 28.2 Å². The molecule has 0 aromatic heterocycles. The van der Waals surface area contributed by atoms with E-state index < -0.39 is 41.9 Å². The lowest BCUT2D eigenvalue weighted by atomic mass is 10.3. The van der Waals surface area contributed by atoms with Crippen molar-refractivity contribution in [3.63, 3.8) is 0 Å². The van der Waals surface area contributed by atoms with E-state index in [9.17, 15) is 18.4 Å². The average molecular weight is 338 g/mol. The van der Waals surface area contributed by atoms with Crippen LogP contribution in [-0.4, -0.2) is 29.6 Å². The van der Waals surface area contributed by atoms with Crippen LogP contribution in [0.25, 0.3) is 0 Å². The first-order chi connectivity index (χ1) is 8.81. The number of halogens is 3. The average Bonchev–Trinajstić information content (AvgIpc) is 2.29. The molecule has 8 heteroatoms. The summed E-state index contributed by atoms with van der Waals surface area (Å²) in [6.07, 6.45) is 0. The molecule has 0 aliphatic rings. The van der Waals surface area contributed by atoms with Gasteiger partial charge in [-0.3, -0.25) is 4.79 Å². The van der Waals surface area contributed by atoms with E-state index in [0.717, 1.165) is 19.1 Å². The molecule has 0 radical (unpaired) electrons. The van der Waals surface area contributed by atoms with E-state index in [4.69, 9.17) is 9.84 Å². The van der Waals surface area contributed by atoms with Gasteiger partial charge >= 0.3 is 5.97 Å². The second-order valence-electron chi connectivity index (χ2n) is 3.60. The van der Waals surface area contributed by atoms with Crippen LogP contribution >= 0.6 is 15.9 Å². The highest BCUT2D eigenvalue weighted by Gasteiger charge is 2.20. The standard InChI is InChI=1S/C11H10BrF2NO4/c1-5(16)15-8(11(17)18)4-19-9-3-6(12)2-7(13)10(9)14/h2-3,8H,4H2,1H3,(H,15,16)(H,17,18). The maximum absolute atomic E-state index is 13.3. The molecule has 104 valence electrons. The molecule has 1 unspecified atom stereocenters. The molecular formula is C11H10BrF2NO4. The lowest BCUT2D eigenvalue weighted by molar-refractivity contribution is -0.142. The van der Waals surface area contributed by atoms with Crippen LogP contribution in [-0.2, 0) is 9.59 Å². The van der Waals surface area contributed by atoms with Gasteiger partial charge in [0.25, 0.3) is 0 Å². The summed E-state index contributed by atoms with van der Waals surface area (Å²) in [4.78, 5) is 21.6. The van der Waals surface area contributed by atoms with E-state index in [-0.39, 0.29) is 4.47 Å². The predicted octanol–water partition coefficient (Wildman–Crippen LogP) is 1.70. The van der Waals surface area contributed by atoms with Crippen LogP contribution in [0.3, 0.4) is 0 Å². The molecule has 1 aromatic carbocycles. The smallest absolute Gasteiger partial charge is 0.329 e. The first-order valence-corrected chi connectivity index (χ1v) is 5.87. The Bertz CT molecular complexity index is 510. The lowest BCUT2D eigenvalue weighted by Crippen LogP contribution is -2.43. The van der Waals surface area contributed by atoms with Crippen LogP contribution in [0.2, 0.25) is 0 Å². The maximum Gasteiger partial charge on any atom is 0.329 e. The number of hydrogen-bond acceptors (Lipinski definition) is 3. The summed E-state index contributed by atoms with van der Waals surface area (Å²) in [5.41, 5.74) is 0. The molecule has 1 atom stereocenters. The topological polar surface area (TPSA) is 75.6 Å². The number of hydrogen-bond donors (Lipinski definition) is 2. The van der Waals surface area contributed by atoms with Crippen LogP contribution in [0, 0.1) is 11.6 Å². The summed E-state index contributed by atoms with van der Waals surface area (Å²) in [5, 5.41) is 10.9. The minimum absolute atomic E-state index is 0.243. The molecule has 0 saturated heterocycles. The molecule has 0 aliphatic heterocycles. The third-order valence-corrected chi connectivity index (χ3v) is 2.50. The highest BCUT2D eigenvalue weighted by atomic mass is 79.9. The molecule has 5 nitrogen and oxygen atoms in total. The van der Waals surface area contributed by atoms with Gasteiger partial charge in [0.05, 0.1) is 0 Å². The van der Waals surface area contributed by atoms with Gasteiger partial charge in [0.1, 0.15) is 6.61 Å². The summed E-state index contributed by atoms with van der Waals surface area (Å²) in [6, 6.07) is 0.717. The van der Waals surface area contributed by atoms with Gasteiger partial charge in [-0.25, -0.2) is 9.18 Å². The Morgan fingerprint density at radius 3 is 2.63 bits per heavy atom. The molecule has 0 fully saturated rings. The van der Waals surface area contributed by atoms with Gasteiger partial charge in [0.2, 0.25) is 11.7 Å². The van der Waals surface area contributed by atoms with Crippen LogP contribution < -0.4 is 10.1 Å². The zero-order valence-electron chi connectivity index (χ0n) is 9.75. The van der Waals surface area contributed by atoms with Crippen molar-refractivity contribution >= 4 is 27.8 Å². The SMILES string of the molecule is CC(=O)NC(COc1cc(Br)cc(F)c1F)C(=O)O. The predicted molar refractivity (Wildman–Crippen MR) is 64.8 cm³/mol. The number of nitrogens with one attached hydrogen (secondary N) is 1. The van der Waals surface area contributed by atoms with Crippen LogP contribution in [0.5, 0.6) is 5.75 Å². The molecule has 1 aromatic rings. The second-order valence-corrected chi connectivity index (χ2v) is 4.52. The molecule has 0 heterocycles. The van der Waals surface area contributed by atoms with Gasteiger partial charge < -0.3 is 15.2 Å². The number of aliphatic carboxylic acids is 1. The van der Waals surface area contributed by atoms with Crippen LogP contribution in [0.15, 0.2) is 16.6 Å². The van der Waals surface area contributed by atoms with Crippen LogP contribution in [0.4, 0.5) is 8.78 Å². The zero-order valence-corrected chi connectivity index (χ0v) is 11.3. The van der Waals surface area contributed by atoms with E-state index in [1.807, 2.05) is 0 Å². The molecule has 2 N–H and O–H groups in total. The Morgan fingerprint density at radius 1 is 1.47 bits per heavy atom. The molecular weight excluding hydrogens is 328 g/mol. The number of amides is 1. The first kappa shape index (κ1) is 15.4. The third kappa shape index (κ3) is 4.47. The maximum atomic E-state index is 13.3. The van der Waals surface area contributed by atoms with Crippen molar-refractivity contribution in [1.82, 2.24) is 5.32 Å². The summed E-state index contributed by atoms with van der Waals surface area (Å²) in [7, 11) is 0. The van der Waals surface area contributed by atoms with Crippen LogP contribution in [0.1, 0.15) is 6.92 Å². The van der Waals surface area contributed by atoms with E-state index in [2.05, 4.69) is 21.2 Å². The van der Waals surface area contributed by atoms with Gasteiger partial charge in [0, 0.05) is 11.4 Å². The van der Waals surface area contributed by atoms with E-state index >= 15 is 0 Å². The van der Waals surface area contributed by atoms with Crippen molar-refractivity contribution in [1.29, 1.82) is 0 Å². The Hall–Kier alpha value is -1.70. The Balaban J connectivity index is 2.79. The third-order valence-electron chi connectivity index (χ3n) is 2.04. The fourth-order valence-corrected chi connectivity index (χ4v) is 1.64. The van der Waals surface area contributed by atoms with Crippen molar-refractivity contribution in [2.45, 2.75) is 13.0 Å². The van der Waals surface area contributed by atoms with Gasteiger partial charge in [-0.15, -0.1) is 0 Å². The molecule has 1 rings (SSSR count). The number of carboxylic acids is 1. The summed E-state index contributed by atoms with van der Waals surface area (Å²) >= 11 is 2.95. The zero-order chi connectivity index (χ0) is 14.6. The summed E-state index contributed by atoms with van der Waals surface area (Å²) in [5.74, 6) is -4.71. The van der Waals surface area contributed by atoms with Crippen molar-refractivity contribution in [3.05, 3.63) is 28.2 Å². The Labute approximate surface area is 115 Å². The fourth-order valence-electron chi connectivity index (χ4n) is 1.23. The van der Waals surface area contributed by atoms with Crippen molar-refractivity contribution in [2.24, 2.45) is 0 Å². The summed E-state index contributed by atoms with van der Waals surface area (Å²) < 4.78 is 31.5. The minimum atomic E-state index is -1.35. The van der Waals surface area contributed by atoms with E-state index in [0.29, 0.717) is 0 Å². The number of carbonyl (C=O) groups is 2. The van der Waals surface area contributed by atoms with E-state index in [1.54, 1.807) is 0 Å². The van der Waals surface area contributed by atoms with Gasteiger partial charge in [-0.1, -0.05) is 15.9 Å². The molecule has 0 aliphatic carbocycles. The number of benzene rings is 1. The Morgan fingerprint density at radius 2 is 2.11 bits per heavy atom. The summed E-state index contributed by atoms with van der Waals surface area (Å²) in [6.45, 7) is 0.608. The highest BCUT2D eigenvalue weighted by molar-refractivity contribution is 9.10. The number of carboxylic acid groups (broad SMARTS) is 1. The monoisotopic (exact) mass is 337 g/mol. The van der Waals surface area contributed by atoms with Gasteiger partial charge in [0.15, 0.2) is 17.6 Å². The quantitative estimate of drug-likeness (QED) is 0.802. The largest absolute Gasteiger partial charge is 0.488 e. The number of carbonyl (C=O) groups excluding carboxylic acids is 1. The minimum Gasteiger partial charge on any atom is -0.488 e. The molecule has 0 saturated carbocycles. The second kappa shape index (κ2) is 6.46. The van der Waals surface area contributed by atoms with E-state index in [1.165, 1.54) is 0 Å².